The summed E-state index contributed by atoms with van der Waals surface area (Å²) in [6.45, 7) is 2.33. The highest BCUT2D eigenvalue weighted by Crippen LogP contribution is 2.18. The molecule has 0 aliphatic carbocycles. The smallest absolute Gasteiger partial charge is 0.340 e. The van der Waals surface area contributed by atoms with E-state index >= 15 is 0 Å². The summed E-state index contributed by atoms with van der Waals surface area (Å²) in [6.07, 6.45) is 3.14. The number of hydrogen-bond donors (Lipinski definition) is 1. The number of rotatable bonds is 8. The van der Waals surface area contributed by atoms with E-state index in [1.165, 1.54) is 6.20 Å². The highest BCUT2D eigenvalue weighted by Gasteiger charge is 2.17. The second-order valence-electron chi connectivity index (χ2n) is 6.09. The fourth-order valence-electron chi connectivity index (χ4n) is 2.42. The molecule has 6 nitrogen and oxygen atoms in total. The molecule has 1 amide bonds. The normalized spacial score (nSPS) is 10.7. The third-order valence-electron chi connectivity index (χ3n) is 3.98. The van der Waals surface area contributed by atoms with Crippen LogP contribution in [0.15, 0.2) is 66.4 Å². The molecule has 0 aliphatic heterocycles. The lowest BCUT2D eigenvalue weighted by Crippen LogP contribution is -2.19. The third kappa shape index (κ3) is 5.71. The largest absolute Gasteiger partial charge is 0.462 e. The Morgan fingerprint density at radius 1 is 1.14 bits per heavy atom. The topological polar surface area (TPSA) is 82.4 Å². The van der Waals surface area contributed by atoms with E-state index in [2.05, 4.69) is 5.32 Å². The maximum absolute atomic E-state index is 12.6. The number of carbonyl (C=O) groups excluding carboxylic acids is 2. The van der Waals surface area contributed by atoms with E-state index in [0.717, 1.165) is 18.5 Å². The summed E-state index contributed by atoms with van der Waals surface area (Å²) in [6, 6.07) is 17.8. The zero-order chi connectivity index (χ0) is 20.4. The number of para-hydroxylation sites is 2. The fourth-order valence-corrected chi connectivity index (χ4v) is 2.42. The maximum atomic E-state index is 12.6. The minimum atomic E-state index is -0.598. The molecular formula is C22H23N3O3. The standard InChI is InChI=1S/C22H23N3O3/c1-3-4-14-28-22(27)19-12-8-9-13-20(19)24-21(26)17(15-23)16-25(2)18-10-6-5-7-11-18/h5-13,16H,3-4,14H2,1-2H3,(H,24,26)/b17-16-. The van der Waals surface area contributed by atoms with Gasteiger partial charge in [0.15, 0.2) is 0 Å². The quantitative estimate of drug-likeness (QED) is 0.324. The number of nitrogens with zero attached hydrogens (tertiary/aromatic N) is 2. The Kier molecular flexibility index (Phi) is 7.79. The first-order chi connectivity index (χ1) is 13.6. The number of nitrogens with one attached hydrogen (secondary N) is 1. The molecule has 0 aromatic heterocycles. The Morgan fingerprint density at radius 2 is 1.82 bits per heavy atom. The molecule has 0 radical (unpaired) electrons. The van der Waals surface area contributed by atoms with Crippen molar-refractivity contribution in [2.45, 2.75) is 19.8 Å². The summed E-state index contributed by atoms with van der Waals surface area (Å²) in [4.78, 5) is 26.5. The Hall–Kier alpha value is -3.59. The number of anilines is 2. The van der Waals surface area contributed by atoms with Crippen LogP contribution < -0.4 is 10.2 Å². The predicted molar refractivity (Wildman–Crippen MR) is 109 cm³/mol. The molecule has 0 heterocycles. The zero-order valence-electron chi connectivity index (χ0n) is 16.0. The summed E-state index contributed by atoms with van der Waals surface area (Å²) in [5, 5.41) is 12.0. The molecule has 2 aromatic carbocycles. The molecule has 2 rings (SSSR count). The van der Waals surface area contributed by atoms with E-state index in [1.807, 2.05) is 43.3 Å². The Balaban J connectivity index is 2.16. The van der Waals surface area contributed by atoms with Crippen LogP contribution in [0.4, 0.5) is 11.4 Å². The van der Waals surface area contributed by atoms with Crippen LogP contribution in [0.1, 0.15) is 30.1 Å². The van der Waals surface area contributed by atoms with Gasteiger partial charge in [-0.3, -0.25) is 4.79 Å². The lowest BCUT2D eigenvalue weighted by molar-refractivity contribution is -0.112. The van der Waals surface area contributed by atoms with Gasteiger partial charge < -0.3 is 15.0 Å². The number of unbranched alkanes of at least 4 members (excludes halogenated alkanes) is 1. The molecule has 0 aliphatic rings. The summed E-state index contributed by atoms with van der Waals surface area (Å²) >= 11 is 0. The number of ether oxygens (including phenoxy) is 1. The zero-order valence-corrected chi connectivity index (χ0v) is 16.0. The number of hydrogen-bond acceptors (Lipinski definition) is 5. The van der Waals surface area contributed by atoms with Crippen molar-refractivity contribution in [3.8, 4) is 6.07 Å². The molecule has 0 fully saturated rings. The van der Waals surface area contributed by atoms with Crippen molar-refractivity contribution in [1.82, 2.24) is 0 Å². The average molecular weight is 377 g/mol. The number of nitriles is 1. The van der Waals surface area contributed by atoms with Crippen LogP contribution in [-0.2, 0) is 9.53 Å². The second kappa shape index (κ2) is 10.5. The number of amides is 1. The summed E-state index contributed by atoms with van der Waals surface area (Å²) in [7, 11) is 1.75. The first-order valence-corrected chi connectivity index (χ1v) is 9.04. The molecule has 0 saturated heterocycles. The molecule has 1 N–H and O–H groups in total. The van der Waals surface area contributed by atoms with E-state index in [9.17, 15) is 14.9 Å². The van der Waals surface area contributed by atoms with Crippen molar-refractivity contribution in [1.29, 1.82) is 5.26 Å². The molecule has 28 heavy (non-hydrogen) atoms. The van der Waals surface area contributed by atoms with Crippen LogP contribution in [0.5, 0.6) is 0 Å². The molecule has 6 heteroatoms. The van der Waals surface area contributed by atoms with Gasteiger partial charge in [-0.05, 0) is 30.7 Å². The summed E-state index contributed by atoms with van der Waals surface area (Å²) in [5.41, 5.74) is 1.31. The molecule has 144 valence electrons. The van der Waals surface area contributed by atoms with Crippen molar-refractivity contribution in [3.05, 3.63) is 71.9 Å². The van der Waals surface area contributed by atoms with E-state index in [1.54, 1.807) is 36.2 Å². The van der Waals surface area contributed by atoms with Crippen LogP contribution in [0, 0.1) is 11.3 Å². The lowest BCUT2D eigenvalue weighted by Gasteiger charge is -2.15. The van der Waals surface area contributed by atoms with Crippen molar-refractivity contribution in [2.75, 3.05) is 23.9 Å². The van der Waals surface area contributed by atoms with Gasteiger partial charge in [-0.25, -0.2) is 4.79 Å². The Bertz CT molecular complexity index is 885. The van der Waals surface area contributed by atoms with Crippen LogP contribution in [-0.4, -0.2) is 25.5 Å². The van der Waals surface area contributed by atoms with Crippen LogP contribution >= 0.6 is 0 Å². The van der Waals surface area contributed by atoms with Crippen LogP contribution in [0.25, 0.3) is 0 Å². The fraction of sp³-hybridized carbons (Fsp3) is 0.227. The number of esters is 1. The monoisotopic (exact) mass is 377 g/mol. The third-order valence-corrected chi connectivity index (χ3v) is 3.98. The van der Waals surface area contributed by atoms with E-state index in [-0.39, 0.29) is 11.1 Å². The predicted octanol–water partition coefficient (Wildman–Crippen LogP) is 4.13. The minimum absolute atomic E-state index is 0.0829. The SMILES string of the molecule is CCCCOC(=O)c1ccccc1NC(=O)/C(C#N)=C\N(C)c1ccccc1. The van der Waals surface area contributed by atoms with Crippen molar-refractivity contribution >= 4 is 23.3 Å². The average Bonchev–Trinajstić information content (AvgIpc) is 2.72. The summed E-state index contributed by atoms with van der Waals surface area (Å²) in [5.74, 6) is -1.10. The number of benzene rings is 2. The molecule has 0 unspecified atom stereocenters. The first kappa shape index (κ1) is 20.7. The molecule has 0 atom stereocenters. The van der Waals surface area contributed by atoms with E-state index in [4.69, 9.17) is 4.74 Å². The molecule has 2 aromatic rings. The second-order valence-corrected chi connectivity index (χ2v) is 6.09. The van der Waals surface area contributed by atoms with Crippen molar-refractivity contribution < 1.29 is 14.3 Å². The Morgan fingerprint density at radius 3 is 2.50 bits per heavy atom. The van der Waals surface area contributed by atoms with Gasteiger partial charge in [0, 0.05) is 18.9 Å². The summed E-state index contributed by atoms with van der Waals surface area (Å²) < 4.78 is 5.22. The Labute approximate surface area is 165 Å². The van der Waals surface area contributed by atoms with Gasteiger partial charge in [-0.15, -0.1) is 0 Å². The van der Waals surface area contributed by atoms with E-state index < -0.39 is 11.9 Å². The first-order valence-electron chi connectivity index (χ1n) is 9.04. The van der Waals surface area contributed by atoms with Gasteiger partial charge in [0.25, 0.3) is 5.91 Å². The van der Waals surface area contributed by atoms with Crippen molar-refractivity contribution in [3.63, 3.8) is 0 Å². The molecule has 0 saturated carbocycles. The van der Waals surface area contributed by atoms with Gasteiger partial charge in [0.05, 0.1) is 17.9 Å². The lowest BCUT2D eigenvalue weighted by atomic mass is 10.1. The maximum Gasteiger partial charge on any atom is 0.340 e. The molecule has 0 bridgehead atoms. The highest BCUT2D eigenvalue weighted by molar-refractivity contribution is 6.09. The number of carbonyl (C=O) groups is 2. The van der Waals surface area contributed by atoms with Crippen LogP contribution in [0.3, 0.4) is 0 Å². The van der Waals surface area contributed by atoms with Gasteiger partial charge in [0.2, 0.25) is 0 Å². The van der Waals surface area contributed by atoms with Gasteiger partial charge in [-0.1, -0.05) is 43.7 Å². The molecule has 0 spiro atoms. The van der Waals surface area contributed by atoms with Gasteiger partial charge in [0.1, 0.15) is 11.6 Å². The van der Waals surface area contributed by atoms with Crippen molar-refractivity contribution in [2.24, 2.45) is 0 Å². The van der Waals surface area contributed by atoms with E-state index in [0.29, 0.717) is 12.3 Å². The van der Waals surface area contributed by atoms with Gasteiger partial charge in [-0.2, -0.15) is 5.26 Å². The highest BCUT2D eigenvalue weighted by atomic mass is 16.5. The molecular weight excluding hydrogens is 354 g/mol. The van der Waals surface area contributed by atoms with Crippen LogP contribution in [0.2, 0.25) is 0 Å². The van der Waals surface area contributed by atoms with Gasteiger partial charge >= 0.3 is 5.97 Å². The minimum Gasteiger partial charge on any atom is -0.462 e.